The van der Waals surface area contributed by atoms with Crippen LogP contribution in [0.1, 0.15) is 41.3 Å². The summed E-state index contributed by atoms with van der Waals surface area (Å²) in [7, 11) is 0. The van der Waals surface area contributed by atoms with Gasteiger partial charge in [-0.05, 0) is 42.8 Å². The van der Waals surface area contributed by atoms with Gasteiger partial charge in [-0.1, -0.05) is 48.5 Å². The van der Waals surface area contributed by atoms with Gasteiger partial charge in [0.15, 0.2) is 5.78 Å². The highest BCUT2D eigenvalue weighted by atomic mass is 16.4. The van der Waals surface area contributed by atoms with Gasteiger partial charge in [0, 0.05) is 23.7 Å². The van der Waals surface area contributed by atoms with Gasteiger partial charge in [-0.3, -0.25) is 14.4 Å². The summed E-state index contributed by atoms with van der Waals surface area (Å²) >= 11 is 0. The van der Waals surface area contributed by atoms with E-state index in [4.69, 9.17) is 10.2 Å². The van der Waals surface area contributed by atoms with Gasteiger partial charge in [0.05, 0.1) is 5.92 Å². The molecule has 0 heterocycles. The second kappa shape index (κ2) is 10.6. The molecule has 6 heteroatoms. The fourth-order valence-corrected chi connectivity index (χ4v) is 2.60. The lowest BCUT2D eigenvalue weighted by molar-refractivity contribution is -0.138. The zero-order valence-corrected chi connectivity index (χ0v) is 16.7. The Morgan fingerprint density at radius 1 is 0.833 bits per heavy atom. The normalized spacial score (nSPS) is 10.9. The van der Waals surface area contributed by atoms with Crippen molar-refractivity contribution in [2.75, 3.05) is 5.32 Å². The molecule has 0 spiro atoms. The molecular weight excluding hydrogens is 382 g/mol. The number of anilines is 1. The smallest absolute Gasteiger partial charge is 0.310 e. The first kappa shape index (κ1) is 22.4. The number of carbonyl (C=O) groups excluding carboxylic acids is 2. The fraction of sp³-hybridized carbons (Fsp3) is 0.125. The topological polar surface area (TPSA) is 104 Å². The van der Waals surface area contributed by atoms with Crippen molar-refractivity contribution in [1.29, 1.82) is 0 Å². The number of hydrogen-bond donors (Lipinski definition) is 3. The minimum Gasteiger partial charge on any atom is -0.508 e. The lowest BCUT2D eigenvalue weighted by atomic mass is 9.96. The number of nitrogens with one attached hydrogen (secondary N) is 1. The van der Waals surface area contributed by atoms with E-state index in [1.54, 1.807) is 67.6 Å². The van der Waals surface area contributed by atoms with Crippen LogP contribution in [0.3, 0.4) is 0 Å². The molecule has 1 amide bonds. The molecule has 30 heavy (non-hydrogen) atoms. The number of ketones is 1. The number of amides is 1. The molecule has 0 saturated carbocycles. The van der Waals surface area contributed by atoms with Crippen LogP contribution in [0.5, 0.6) is 5.75 Å². The van der Waals surface area contributed by atoms with Gasteiger partial charge in [0.25, 0.3) is 0 Å². The summed E-state index contributed by atoms with van der Waals surface area (Å²) in [6.07, 6.45) is 0. The number of hydrogen-bond acceptors (Lipinski definition) is 4. The van der Waals surface area contributed by atoms with E-state index >= 15 is 0 Å². The number of phenols is 1. The van der Waals surface area contributed by atoms with Crippen molar-refractivity contribution < 1.29 is 24.6 Å². The van der Waals surface area contributed by atoms with Crippen LogP contribution < -0.4 is 5.32 Å². The summed E-state index contributed by atoms with van der Waals surface area (Å²) in [4.78, 5) is 33.7. The van der Waals surface area contributed by atoms with E-state index in [0.717, 1.165) is 0 Å². The number of carboxylic acid groups (broad SMARTS) is 1. The predicted molar refractivity (Wildman–Crippen MR) is 115 cm³/mol. The standard InChI is InChI=1S/C16H14O3.C8H9NO2/c1-11(16(18)19)13-8-5-9-14(10-13)15(17)12-6-3-2-4-7-12;1-6(10)9-7-2-4-8(11)5-3-7/h2-11H,1H3,(H,18,19);2-5,11H,1H3,(H,9,10). The van der Waals surface area contributed by atoms with E-state index in [1.165, 1.54) is 19.1 Å². The average Bonchev–Trinajstić information content (AvgIpc) is 2.75. The first-order chi connectivity index (χ1) is 14.3. The maximum atomic E-state index is 12.2. The number of aliphatic carboxylic acids is 1. The third kappa shape index (κ3) is 6.60. The number of phenolic OH excluding ortho intramolecular Hbond substituents is 1. The highest BCUT2D eigenvalue weighted by molar-refractivity contribution is 6.09. The third-order valence-electron chi connectivity index (χ3n) is 4.24. The Morgan fingerprint density at radius 3 is 2.00 bits per heavy atom. The maximum Gasteiger partial charge on any atom is 0.310 e. The summed E-state index contributed by atoms with van der Waals surface area (Å²) in [6.45, 7) is 3.04. The molecule has 0 aromatic heterocycles. The van der Waals surface area contributed by atoms with Gasteiger partial charge in [-0.2, -0.15) is 0 Å². The summed E-state index contributed by atoms with van der Waals surface area (Å²) in [6, 6.07) is 22.0. The average molecular weight is 405 g/mol. The third-order valence-corrected chi connectivity index (χ3v) is 4.24. The monoisotopic (exact) mass is 405 g/mol. The zero-order valence-electron chi connectivity index (χ0n) is 16.7. The molecule has 3 rings (SSSR count). The maximum absolute atomic E-state index is 12.2. The largest absolute Gasteiger partial charge is 0.508 e. The molecule has 154 valence electrons. The molecule has 0 aliphatic heterocycles. The van der Waals surface area contributed by atoms with E-state index in [-0.39, 0.29) is 17.4 Å². The molecular formula is C24H23NO5. The zero-order chi connectivity index (χ0) is 22.1. The number of aromatic hydroxyl groups is 1. The molecule has 1 unspecified atom stereocenters. The van der Waals surface area contributed by atoms with Crippen LogP contribution in [0.15, 0.2) is 78.9 Å². The lowest BCUT2D eigenvalue weighted by Gasteiger charge is -2.08. The molecule has 0 bridgehead atoms. The molecule has 1 atom stereocenters. The minimum absolute atomic E-state index is 0.0972. The first-order valence-corrected chi connectivity index (χ1v) is 9.27. The molecule has 0 aliphatic carbocycles. The summed E-state index contributed by atoms with van der Waals surface area (Å²) in [5.74, 6) is -1.54. The molecule has 3 aromatic rings. The molecule has 0 aliphatic rings. The van der Waals surface area contributed by atoms with Gasteiger partial charge in [-0.25, -0.2) is 0 Å². The fourth-order valence-electron chi connectivity index (χ4n) is 2.60. The van der Waals surface area contributed by atoms with Crippen molar-refractivity contribution in [2.45, 2.75) is 19.8 Å². The van der Waals surface area contributed by atoms with Gasteiger partial charge < -0.3 is 15.5 Å². The van der Waals surface area contributed by atoms with E-state index in [9.17, 15) is 14.4 Å². The second-order valence-corrected chi connectivity index (χ2v) is 6.61. The van der Waals surface area contributed by atoms with Crippen molar-refractivity contribution >= 4 is 23.3 Å². The molecule has 0 fully saturated rings. The highest BCUT2D eigenvalue weighted by Crippen LogP contribution is 2.19. The van der Waals surface area contributed by atoms with E-state index in [0.29, 0.717) is 22.4 Å². The molecule has 6 nitrogen and oxygen atoms in total. The van der Waals surface area contributed by atoms with Gasteiger partial charge in [0.1, 0.15) is 5.75 Å². The Bertz CT molecular complexity index is 1010. The summed E-state index contributed by atoms with van der Waals surface area (Å²) < 4.78 is 0. The van der Waals surface area contributed by atoms with Crippen LogP contribution in [-0.4, -0.2) is 27.9 Å². The van der Waals surface area contributed by atoms with Crippen molar-refractivity contribution in [1.82, 2.24) is 0 Å². The first-order valence-electron chi connectivity index (χ1n) is 9.27. The Morgan fingerprint density at radius 2 is 1.43 bits per heavy atom. The van der Waals surface area contributed by atoms with E-state index in [2.05, 4.69) is 5.32 Å². The number of benzene rings is 3. The van der Waals surface area contributed by atoms with Gasteiger partial charge in [0.2, 0.25) is 5.91 Å². The van der Waals surface area contributed by atoms with Crippen LogP contribution in [0, 0.1) is 0 Å². The summed E-state index contributed by atoms with van der Waals surface area (Å²) in [5, 5.41) is 20.5. The van der Waals surface area contributed by atoms with Crippen molar-refractivity contribution in [3.63, 3.8) is 0 Å². The van der Waals surface area contributed by atoms with Crippen LogP contribution in [0.4, 0.5) is 5.69 Å². The number of carbonyl (C=O) groups is 3. The Kier molecular flexibility index (Phi) is 7.88. The number of rotatable bonds is 5. The SMILES string of the molecule is CC(=O)Nc1ccc(O)cc1.CC(C(=O)O)c1cccc(C(=O)c2ccccc2)c1. The van der Waals surface area contributed by atoms with Crippen LogP contribution >= 0.6 is 0 Å². The van der Waals surface area contributed by atoms with Crippen LogP contribution in [-0.2, 0) is 9.59 Å². The van der Waals surface area contributed by atoms with Crippen LogP contribution in [0.25, 0.3) is 0 Å². The summed E-state index contributed by atoms with van der Waals surface area (Å²) in [5.41, 5.74) is 2.43. The Labute approximate surface area is 174 Å². The van der Waals surface area contributed by atoms with E-state index < -0.39 is 11.9 Å². The van der Waals surface area contributed by atoms with Crippen molar-refractivity contribution in [3.05, 3.63) is 95.6 Å². The Balaban J connectivity index is 0.000000248. The highest BCUT2D eigenvalue weighted by Gasteiger charge is 2.16. The second-order valence-electron chi connectivity index (χ2n) is 6.61. The number of carboxylic acids is 1. The quantitative estimate of drug-likeness (QED) is 0.430. The predicted octanol–water partition coefficient (Wildman–Crippen LogP) is 4.46. The molecule has 3 N–H and O–H groups in total. The minimum atomic E-state index is -0.899. The lowest BCUT2D eigenvalue weighted by Crippen LogP contribution is -2.09. The van der Waals surface area contributed by atoms with Gasteiger partial charge >= 0.3 is 5.97 Å². The molecule has 0 radical (unpaired) electrons. The van der Waals surface area contributed by atoms with Crippen LogP contribution in [0.2, 0.25) is 0 Å². The van der Waals surface area contributed by atoms with Crippen molar-refractivity contribution in [3.8, 4) is 5.75 Å². The molecule has 3 aromatic carbocycles. The Hall–Kier alpha value is -3.93. The molecule has 0 saturated heterocycles. The van der Waals surface area contributed by atoms with Crippen molar-refractivity contribution in [2.24, 2.45) is 0 Å². The van der Waals surface area contributed by atoms with Gasteiger partial charge in [-0.15, -0.1) is 0 Å². The van der Waals surface area contributed by atoms with E-state index in [1.807, 2.05) is 6.07 Å².